The maximum atomic E-state index is 12.3. The summed E-state index contributed by atoms with van der Waals surface area (Å²) < 4.78 is 32.0. The molecule has 0 aliphatic carbocycles. The van der Waals surface area contributed by atoms with Gasteiger partial charge >= 0.3 is 11.9 Å². The lowest BCUT2D eigenvalue weighted by molar-refractivity contribution is -0.136. The van der Waals surface area contributed by atoms with Gasteiger partial charge in [-0.2, -0.15) is 0 Å². The number of pyridine rings is 1. The number of piperazine rings is 1. The first-order chi connectivity index (χ1) is 17.6. The van der Waals surface area contributed by atoms with Crippen molar-refractivity contribution in [2.24, 2.45) is 0 Å². The summed E-state index contributed by atoms with van der Waals surface area (Å²) in [5.41, 5.74) is 6.58. The zero-order valence-electron chi connectivity index (χ0n) is 19.9. The van der Waals surface area contributed by atoms with Gasteiger partial charge in [-0.3, -0.25) is 4.79 Å². The Hall–Kier alpha value is -4.01. The molecule has 0 bridgehead atoms. The number of rotatable bonds is 10. The number of carbonyl (C=O) groups is 3. The average Bonchev–Trinajstić information content (AvgIpc) is 2.88. The highest BCUT2D eigenvalue weighted by atomic mass is 32.2. The molecule has 1 amide bonds. The minimum absolute atomic E-state index is 0.0729. The van der Waals surface area contributed by atoms with E-state index in [-0.39, 0.29) is 30.6 Å². The monoisotopic (exact) mass is 535 g/mol. The van der Waals surface area contributed by atoms with E-state index in [0.717, 1.165) is 5.69 Å². The van der Waals surface area contributed by atoms with Crippen LogP contribution in [-0.4, -0.2) is 92.3 Å². The van der Waals surface area contributed by atoms with Crippen LogP contribution < -0.4 is 15.4 Å². The predicted molar refractivity (Wildman–Crippen MR) is 134 cm³/mol. The number of nitrogen functional groups attached to an aromatic ring is 1. The van der Waals surface area contributed by atoms with E-state index in [9.17, 15) is 22.8 Å². The average molecular weight is 536 g/mol. The van der Waals surface area contributed by atoms with Crippen molar-refractivity contribution >= 4 is 39.4 Å². The normalized spacial score (nSPS) is 13.6. The molecule has 0 radical (unpaired) electrons. The van der Waals surface area contributed by atoms with Crippen LogP contribution in [0.3, 0.4) is 0 Å². The molecule has 1 aromatic heterocycles. The van der Waals surface area contributed by atoms with Gasteiger partial charge in [0.1, 0.15) is 12.4 Å². The van der Waals surface area contributed by atoms with Crippen molar-refractivity contribution in [3.63, 3.8) is 0 Å². The van der Waals surface area contributed by atoms with Crippen LogP contribution in [0.4, 0.5) is 11.5 Å². The van der Waals surface area contributed by atoms with Crippen LogP contribution in [0.1, 0.15) is 0 Å². The molecular formula is C23H29N5O8S. The Morgan fingerprint density at radius 3 is 2.16 bits per heavy atom. The molecule has 1 saturated heterocycles. The second-order valence-corrected chi connectivity index (χ2v) is 9.35. The van der Waals surface area contributed by atoms with Crippen LogP contribution in [0.5, 0.6) is 0 Å². The van der Waals surface area contributed by atoms with Gasteiger partial charge in [-0.15, -0.1) is 0 Å². The fourth-order valence-electron chi connectivity index (χ4n) is 3.12. The lowest BCUT2D eigenvalue weighted by atomic mass is 10.2. The molecule has 5 N–H and O–H groups in total. The van der Waals surface area contributed by atoms with Crippen molar-refractivity contribution in [1.82, 2.24) is 14.6 Å². The van der Waals surface area contributed by atoms with Gasteiger partial charge in [0, 0.05) is 44.9 Å². The van der Waals surface area contributed by atoms with Crippen molar-refractivity contribution in [3.05, 3.63) is 60.8 Å². The first-order valence-corrected chi connectivity index (χ1v) is 12.6. The number of anilines is 2. The molecule has 0 unspecified atom stereocenters. The molecule has 0 spiro atoms. The molecule has 0 saturated carbocycles. The van der Waals surface area contributed by atoms with E-state index < -0.39 is 22.0 Å². The minimum atomic E-state index is -3.56. The molecule has 200 valence electrons. The topological polar surface area (TPSA) is 192 Å². The number of nitrogens with one attached hydrogen (secondary N) is 1. The molecule has 1 fully saturated rings. The SMILES string of the molecule is Nc1ccc(N2CCN(C(=O)COCCNS(=O)(=O)c3ccccc3)CC2)cn1.O=C(O)/C=C/C(=O)O. The van der Waals surface area contributed by atoms with Crippen LogP contribution in [0, 0.1) is 0 Å². The summed E-state index contributed by atoms with van der Waals surface area (Å²) in [6.07, 6.45) is 2.84. The van der Waals surface area contributed by atoms with Crippen molar-refractivity contribution in [2.75, 3.05) is 56.6 Å². The Kier molecular flexibility index (Phi) is 11.5. The van der Waals surface area contributed by atoms with E-state index in [1.807, 2.05) is 6.07 Å². The zero-order valence-corrected chi connectivity index (χ0v) is 20.7. The van der Waals surface area contributed by atoms with Crippen molar-refractivity contribution in [1.29, 1.82) is 0 Å². The molecule has 14 heteroatoms. The summed E-state index contributed by atoms with van der Waals surface area (Å²) in [5, 5.41) is 15.6. The number of carbonyl (C=O) groups excluding carboxylic acids is 1. The maximum Gasteiger partial charge on any atom is 0.328 e. The molecular weight excluding hydrogens is 506 g/mol. The van der Waals surface area contributed by atoms with Crippen LogP contribution in [-0.2, 0) is 29.1 Å². The Labute approximate surface area is 214 Å². The highest BCUT2D eigenvalue weighted by Gasteiger charge is 2.21. The number of ether oxygens (including phenoxy) is 1. The summed E-state index contributed by atoms with van der Waals surface area (Å²) in [5.74, 6) is -2.14. The minimum Gasteiger partial charge on any atom is -0.478 e. The van der Waals surface area contributed by atoms with Crippen LogP contribution in [0.15, 0.2) is 65.7 Å². The first-order valence-electron chi connectivity index (χ1n) is 11.1. The van der Waals surface area contributed by atoms with E-state index in [1.165, 1.54) is 12.1 Å². The molecule has 37 heavy (non-hydrogen) atoms. The lowest BCUT2D eigenvalue weighted by Crippen LogP contribution is -2.49. The number of aliphatic carboxylic acids is 2. The number of aromatic nitrogens is 1. The Morgan fingerprint density at radius 2 is 1.62 bits per heavy atom. The summed E-state index contributed by atoms with van der Waals surface area (Å²) in [6, 6.07) is 11.8. The van der Waals surface area contributed by atoms with Gasteiger partial charge in [0.15, 0.2) is 0 Å². The third-order valence-corrected chi connectivity index (χ3v) is 6.43. The van der Waals surface area contributed by atoms with Gasteiger partial charge < -0.3 is 30.5 Å². The number of hydrogen-bond acceptors (Lipinski definition) is 9. The van der Waals surface area contributed by atoms with Gasteiger partial charge in [0.05, 0.1) is 23.4 Å². The number of benzene rings is 1. The van der Waals surface area contributed by atoms with E-state index >= 15 is 0 Å². The summed E-state index contributed by atoms with van der Waals surface area (Å²) in [6.45, 7) is 2.73. The van der Waals surface area contributed by atoms with E-state index in [1.54, 1.807) is 35.4 Å². The number of amides is 1. The van der Waals surface area contributed by atoms with Gasteiger partial charge in [0.2, 0.25) is 15.9 Å². The van der Waals surface area contributed by atoms with Crippen LogP contribution >= 0.6 is 0 Å². The summed E-state index contributed by atoms with van der Waals surface area (Å²) >= 11 is 0. The van der Waals surface area contributed by atoms with Gasteiger partial charge in [-0.05, 0) is 24.3 Å². The number of nitrogens with zero attached hydrogens (tertiary/aromatic N) is 3. The van der Waals surface area contributed by atoms with E-state index in [4.69, 9.17) is 20.7 Å². The van der Waals surface area contributed by atoms with Crippen LogP contribution in [0.25, 0.3) is 0 Å². The van der Waals surface area contributed by atoms with Crippen molar-refractivity contribution < 1.29 is 37.8 Å². The molecule has 13 nitrogen and oxygen atoms in total. The maximum absolute atomic E-state index is 12.3. The van der Waals surface area contributed by atoms with Crippen molar-refractivity contribution in [3.8, 4) is 0 Å². The molecule has 2 aromatic rings. The third kappa shape index (κ3) is 10.6. The smallest absolute Gasteiger partial charge is 0.328 e. The highest BCUT2D eigenvalue weighted by Crippen LogP contribution is 2.16. The summed E-state index contributed by atoms with van der Waals surface area (Å²) in [7, 11) is -3.56. The molecule has 1 aliphatic rings. The standard InChI is InChI=1S/C19H25N5O4S.C4H4O4/c20-18-7-6-16(14-21-18)23-9-11-24(12-10-23)19(25)15-28-13-8-22-29(26,27)17-4-2-1-3-5-17;5-3(6)1-2-4(7)8/h1-7,14,22H,8-13,15H2,(H2,20,21);1-2H,(H,5,6)(H,7,8)/b;2-1+. The predicted octanol–water partition coefficient (Wildman–Crippen LogP) is 0.0193. The van der Waals surface area contributed by atoms with E-state index in [0.29, 0.717) is 44.1 Å². The largest absolute Gasteiger partial charge is 0.478 e. The number of hydrogen-bond donors (Lipinski definition) is 4. The van der Waals surface area contributed by atoms with Gasteiger partial charge in [0.25, 0.3) is 0 Å². The Morgan fingerprint density at radius 1 is 1.00 bits per heavy atom. The number of sulfonamides is 1. The third-order valence-electron chi connectivity index (χ3n) is 4.95. The van der Waals surface area contributed by atoms with E-state index in [2.05, 4.69) is 14.6 Å². The molecule has 1 aromatic carbocycles. The number of nitrogens with two attached hydrogens (primary N) is 1. The Balaban J connectivity index is 0.000000521. The molecule has 2 heterocycles. The van der Waals surface area contributed by atoms with Gasteiger partial charge in [-0.1, -0.05) is 18.2 Å². The molecule has 1 aliphatic heterocycles. The fraction of sp³-hybridized carbons (Fsp3) is 0.304. The molecule has 3 rings (SSSR count). The number of carboxylic acids is 2. The number of carboxylic acid groups (broad SMARTS) is 2. The second kappa shape index (κ2) is 14.5. The highest BCUT2D eigenvalue weighted by molar-refractivity contribution is 7.89. The quantitative estimate of drug-likeness (QED) is 0.237. The first kappa shape index (κ1) is 29.2. The fourth-order valence-corrected chi connectivity index (χ4v) is 4.16. The summed E-state index contributed by atoms with van der Waals surface area (Å²) in [4.78, 5) is 39.6. The lowest BCUT2D eigenvalue weighted by Gasteiger charge is -2.35. The van der Waals surface area contributed by atoms with Crippen LogP contribution in [0.2, 0.25) is 0 Å². The zero-order chi connectivity index (χ0) is 27.3. The molecule has 0 atom stereocenters. The Bertz CT molecular complexity index is 1150. The van der Waals surface area contributed by atoms with Gasteiger partial charge in [-0.25, -0.2) is 27.7 Å². The second-order valence-electron chi connectivity index (χ2n) is 7.58. The van der Waals surface area contributed by atoms with Crippen molar-refractivity contribution in [2.45, 2.75) is 4.90 Å².